The van der Waals surface area contributed by atoms with Gasteiger partial charge in [-0.3, -0.25) is 14.9 Å². The van der Waals surface area contributed by atoms with Crippen LogP contribution in [0.3, 0.4) is 0 Å². The summed E-state index contributed by atoms with van der Waals surface area (Å²) in [5.41, 5.74) is 0.959. The Labute approximate surface area is 143 Å². The molecular weight excluding hydrogens is 328 g/mol. The first-order valence-corrected chi connectivity index (χ1v) is 7.37. The van der Waals surface area contributed by atoms with Crippen molar-refractivity contribution in [2.75, 3.05) is 5.32 Å². The van der Waals surface area contributed by atoms with Gasteiger partial charge < -0.3 is 15.2 Å². The Hall–Kier alpha value is -3.26. The zero-order valence-corrected chi connectivity index (χ0v) is 13.3. The molecule has 0 aliphatic rings. The third-order valence-corrected chi connectivity index (χ3v) is 3.35. The summed E-state index contributed by atoms with van der Waals surface area (Å²) in [6.45, 7) is 1.25. The van der Waals surface area contributed by atoms with E-state index in [1.54, 1.807) is 12.1 Å². The first kappa shape index (κ1) is 18.1. The number of esters is 1. The molecular formula is C17H16N2O6. The van der Waals surface area contributed by atoms with Gasteiger partial charge in [-0.1, -0.05) is 18.2 Å². The maximum absolute atomic E-state index is 12.1. The smallest absolute Gasteiger partial charge is 0.338 e. The minimum Gasteiger partial charge on any atom is -0.449 e. The lowest BCUT2D eigenvalue weighted by Crippen LogP contribution is -2.30. The number of carbonyl (C=O) groups is 2. The molecule has 0 spiro atoms. The fraction of sp³-hybridized carbons (Fsp3) is 0.176. The first-order valence-electron chi connectivity index (χ1n) is 7.37. The number of non-ortho nitro benzene ring substituents is 1. The average molecular weight is 344 g/mol. The number of nitro benzene ring substituents is 1. The lowest BCUT2D eigenvalue weighted by atomic mass is 10.1. The van der Waals surface area contributed by atoms with Crippen molar-refractivity contribution in [2.24, 2.45) is 0 Å². The van der Waals surface area contributed by atoms with Crippen LogP contribution in [0.1, 0.15) is 22.8 Å². The van der Waals surface area contributed by atoms with Crippen molar-refractivity contribution in [3.8, 4) is 0 Å². The number of benzene rings is 2. The molecule has 0 saturated heterocycles. The van der Waals surface area contributed by atoms with E-state index < -0.39 is 22.9 Å². The van der Waals surface area contributed by atoms with Crippen molar-refractivity contribution < 1.29 is 24.4 Å². The summed E-state index contributed by atoms with van der Waals surface area (Å²) in [6.07, 6.45) is -1.09. The highest BCUT2D eigenvalue weighted by Crippen LogP contribution is 2.17. The Morgan fingerprint density at radius 1 is 1.24 bits per heavy atom. The number of nitrogens with one attached hydrogen (secondary N) is 1. The fourth-order valence-corrected chi connectivity index (χ4v) is 1.97. The van der Waals surface area contributed by atoms with E-state index in [0.717, 1.165) is 0 Å². The van der Waals surface area contributed by atoms with Gasteiger partial charge in [0, 0.05) is 17.8 Å². The lowest BCUT2D eigenvalue weighted by molar-refractivity contribution is -0.384. The monoisotopic (exact) mass is 344 g/mol. The zero-order chi connectivity index (χ0) is 18.4. The molecule has 8 nitrogen and oxygen atoms in total. The van der Waals surface area contributed by atoms with Crippen LogP contribution in [0.5, 0.6) is 0 Å². The van der Waals surface area contributed by atoms with Crippen molar-refractivity contribution in [2.45, 2.75) is 19.6 Å². The highest BCUT2D eigenvalue weighted by Gasteiger charge is 2.19. The Bertz CT molecular complexity index is 788. The second-order valence-electron chi connectivity index (χ2n) is 5.20. The molecule has 0 radical (unpaired) electrons. The highest BCUT2D eigenvalue weighted by atomic mass is 16.6. The minimum absolute atomic E-state index is 0.142. The summed E-state index contributed by atoms with van der Waals surface area (Å²) < 4.78 is 5.07. The molecule has 0 bridgehead atoms. The van der Waals surface area contributed by atoms with Crippen molar-refractivity contribution in [3.05, 3.63) is 69.8 Å². The number of aliphatic hydroxyl groups excluding tert-OH is 1. The Kier molecular flexibility index (Phi) is 5.80. The summed E-state index contributed by atoms with van der Waals surface area (Å²) in [7, 11) is 0. The SMILES string of the molecule is C[C@@H](OC(=O)c1ccc(CO)cc1)C(=O)Nc1cccc([N+](=O)[O-])c1. The molecule has 2 rings (SSSR count). The molecule has 8 heteroatoms. The predicted octanol–water partition coefficient (Wildman–Crippen LogP) is 2.27. The molecule has 0 unspecified atom stereocenters. The van der Waals surface area contributed by atoms with Crippen molar-refractivity contribution in [3.63, 3.8) is 0 Å². The van der Waals surface area contributed by atoms with Crippen LogP contribution < -0.4 is 5.32 Å². The summed E-state index contributed by atoms with van der Waals surface area (Å²) in [4.78, 5) is 34.2. The molecule has 0 heterocycles. The van der Waals surface area contributed by atoms with E-state index in [2.05, 4.69) is 5.32 Å². The van der Waals surface area contributed by atoms with Gasteiger partial charge in [-0.2, -0.15) is 0 Å². The average Bonchev–Trinajstić information content (AvgIpc) is 2.61. The minimum atomic E-state index is -1.09. The number of rotatable bonds is 6. The van der Waals surface area contributed by atoms with E-state index in [9.17, 15) is 19.7 Å². The predicted molar refractivity (Wildman–Crippen MR) is 89.0 cm³/mol. The molecule has 0 fully saturated rings. The number of hydrogen-bond acceptors (Lipinski definition) is 6. The number of anilines is 1. The third-order valence-electron chi connectivity index (χ3n) is 3.35. The van der Waals surface area contributed by atoms with Crippen LogP contribution in [0.4, 0.5) is 11.4 Å². The number of amides is 1. The van der Waals surface area contributed by atoms with Crippen LogP contribution in [0.25, 0.3) is 0 Å². The van der Waals surface area contributed by atoms with Crippen molar-refractivity contribution in [1.82, 2.24) is 0 Å². The van der Waals surface area contributed by atoms with Crippen LogP contribution in [0.2, 0.25) is 0 Å². The fourth-order valence-electron chi connectivity index (χ4n) is 1.97. The quantitative estimate of drug-likeness (QED) is 0.471. The molecule has 2 aromatic carbocycles. The highest BCUT2D eigenvalue weighted by molar-refractivity contribution is 5.97. The Balaban J connectivity index is 1.98. The second kappa shape index (κ2) is 8.02. The number of carbonyl (C=O) groups excluding carboxylic acids is 2. The van der Waals surface area contributed by atoms with Gasteiger partial charge in [-0.25, -0.2) is 4.79 Å². The van der Waals surface area contributed by atoms with E-state index in [1.165, 1.54) is 43.3 Å². The number of nitrogens with zero attached hydrogens (tertiary/aromatic N) is 1. The normalized spacial score (nSPS) is 11.4. The van der Waals surface area contributed by atoms with E-state index in [0.29, 0.717) is 5.56 Å². The van der Waals surface area contributed by atoms with E-state index >= 15 is 0 Å². The number of ether oxygens (including phenoxy) is 1. The standard InChI is InChI=1S/C17H16N2O6/c1-11(25-17(22)13-7-5-12(10-20)6-8-13)16(21)18-14-3-2-4-15(9-14)19(23)24/h2-9,11,20H,10H2,1H3,(H,18,21)/t11-/m1/s1. The van der Waals surface area contributed by atoms with Crippen LogP contribution in [-0.4, -0.2) is 28.0 Å². The zero-order valence-electron chi connectivity index (χ0n) is 13.3. The molecule has 0 aliphatic heterocycles. The van der Waals surface area contributed by atoms with Gasteiger partial charge in [0.1, 0.15) is 0 Å². The van der Waals surface area contributed by atoms with Crippen LogP contribution >= 0.6 is 0 Å². The molecule has 130 valence electrons. The molecule has 2 aromatic rings. The van der Waals surface area contributed by atoms with Gasteiger partial charge >= 0.3 is 5.97 Å². The first-order chi connectivity index (χ1) is 11.9. The van der Waals surface area contributed by atoms with Crippen molar-refractivity contribution >= 4 is 23.3 Å². The topological polar surface area (TPSA) is 119 Å². The van der Waals surface area contributed by atoms with Crippen molar-refractivity contribution in [1.29, 1.82) is 0 Å². The van der Waals surface area contributed by atoms with Gasteiger partial charge in [0.05, 0.1) is 17.1 Å². The van der Waals surface area contributed by atoms with Gasteiger partial charge in [0.15, 0.2) is 6.10 Å². The largest absolute Gasteiger partial charge is 0.449 e. The molecule has 0 aliphatic carbocycles. The number of aliphatic hydroxyl groups is 1. The van der Waals surface area contributed by atoms with E-state index in [4.69, 9.17) is 9.84 Å². The van der Waals surface area contributed by atoms with Gasteiger partial charge in [0.2, 0.25) is 0 Å². The van der Waals surface area contributed by atoms with Gasteiger partial charge in [0.25, 0.3) is 11.6 Å². The summed E-state index contributed by atoms with van der Waals surface area (Å²) in [5, 5.41) is 22.2. The molecule has 0 saturated carbocycles. The molecule has 0 aromatic heterocycles. The summed E-state index contributed by atoms with van der Waals surface area (Å²) in [6, 6.07) is 11.6. The van der Waals surface area contributed by atoms with Crippen LogP contribution in [0.15, 0.2) is 48.5 Å². The molecule has 2 N–H and O–H groups in total. The van der Waals surface area contributed by atoms with Gasteiger partial charge in [-0.15, -0.1) is 0 Å². The lowest BCUT2D eigenvalue weighted by Gasteiger charge is -2.13. The number of hydrogen-bond donors (Lipinski definition) is 2. The number of nitro groups is 1. The Morgan fingerprint density at radius 2 is 1.92 bits per heavy atom. The van der Waals surface area contributed by atoms with E-state index in [-0.39, 0.29) is 23.5 Å². The maximum Gasteiger partial charge on any atom is 0.338 e. The van der Waals surface area contributed by atoms with Gasteiger partial charge in [-0.05, 0) is 30.7 Å². The second-order valence-corrected chi connectivity index (χ2v) is 5.20. The van der Waals surface area contributed by atoms with Crippen LogP contribution in [0, 0.1) is 10.1 Å². The summed E-state index contributed by atoms with van der Waals surface area (Å²) in [5.74, 6) is -1.30. The van der Waals surface area contributed by atoms with Crippen LogP contribution in [-0.2, 0) is 16.1 Å². The Morgan fingerprint density at radius 3 is 2.52 bits per heavy atom. The molecule has 25 heavy (non-hydrogen) atoms. The molecule has 1 amide bonds. The van der Waals surface area contributed by atoms with E-state index in [1.807, 2.05) is 0 Å². The third kappa shape index (κ3) is 4.85. The summed E-state index contributed by atoms with van der Waals surface area (Å²) >= 11 is 0. The molecule has 1 atom stereocenters. The maximum atomic E-state index is 12.1.